The monoisotopic (exact) mass is 394 g/mol. The predicted molar refractivity (Wildman–Crippen MR) is 106 cm³/mol. The van der Waals surface area contributed by atoms with E-state index in [1.54, 1.807) is 18.7 Å². The van der Waals surface area contributed by atoms with Gasteiger partial charge in [0.2, 0.25) is 0 Å². The number of ether oxygens (including phenoxy) is 3. The van der Waals surface area contributed by atoms with E-state index in [0.29, 0.717) is 19.6 Å². The van der Waals surface area contributed by atoms with E-state index in [1.165, 1.54) is 16.9 Å². The van der Waals surface area contributed by atoms with Gasteiger partial charge in [-0.25, -0.2) is 0 Å². The molecule has 150 valence electrons. The van der Waals surface area contributed by atoms with Crippen LogP contribution in [0.4, 0.5) is 0 Å². The van der Waals surface area contributed by atoms with Gasteiger partial charge < -0.3 is 14.2 Å². The summed E-state index contributed by atoms with van der Waals surface area (Å²) in [5, 5.41) is 0. The van der Waals surface area contributed by atoms with Crippen molar-refractivity contribution in [1.82, 2.24) is 0 Å². The van der Waals surface area contributed by atoms with Gasteiger partial charge in [0.15, 0.2) is 6.29 Å². The summed E-state index contributed by atoms with van der Waals surface area (Å²) < 4.78 is 16.5. The standard InChI is InChI=1S/C21H30O5S/c1-2-18(22)16-20(23)24-13-7-15-27-19-9-4-3-8-17(19)11-14-26-21-10-5-6-12-25-21/h3-4,8-9,21H,2,5-7,10-16H2,1H3. The topological polar surface area (TPSA) is 61.8 Å². The number of hydrogen-bond acceptors (Lipinski definition) is 6. The molecule has 0 aromatic heterocycles. The second-order valence-corrected chi connectivity index (χ2v) is 7.65. The van der Waals surface area contributed by atoms with E-state index >= 15 is 0 Å². The van der Waals surface area contributed by atoms with Crippen LogP contribution in [0.1, 0.15) is 51.0 Å². The molecule has 2 rings (SSSR count). The minimum atomic E-state index is -0.422. The Bertz CT molecular complexity index is 584. The lowest BCUT2D eigenvalue weighted by atomic mass is 10.1. The van der Waals surface area contributed by atoms with Crippen molar-refractivity contribution >= 4 is 23.5 Å². The molecule has 1 heterocycles. The van der Waals surface area contributed by atoms with Gasteiger partial charge in [-0.15, -0.1) is 11.8 Å². The highest BCUT2D eigenvalue weighted by molar-refractivity contribution is 7.99. The van der Waals surface area contributed by atoms with Crippen molar-refractivity contribution < 1.29 is 23.8 Å². The van der Waals surface area contributed by atoms with E-state index in [-0.39, 0.29) is 18.5 Å². The summed E-state index contributed by atoms with van der Waals surface area (Å²) in [5.74, 6) is 0.358. The van der Waals surface area contributed by atoms with Gasteiger partial charge in [0.25, 0.3) is 0 Å². The van der Waals surface area contributed by atoms with Gasteiger partial charge in [0.1, 0.15) is 12.2 Å². The quantitative estimate of drug-likeness (QED) is 0.229. The molecule has 0 amide bonds. The number of carbonyl (C=O) groups excluding carboxylic acids is 2. The zero-order valence-electron chi connectivity index (χ0n) is 16.1. The lowest BCUT2D eigenvalue weighted by Crippen LogP contribution is -2.23. The van der Waals surface area contributed by atoms with Gasteiger partial charge in [0.05, 0.1) is 13.2 Å². The highest BCUT2D eigenvalue weighted by atomic mass is 32.2. The predicted octanol–water partition coefficient (Wildman–Crippen LogP) is 4.17. The van der Waals surface area contributed by atoms with Crippen LogP contribution in [0, 0.1) is 0 Å². The lowest BCUT2D eigenvalue weighted by Gasteiger charge is -2.22. The smallest absolute Gasteiger partial charge is 0.313 e. The van der Waals surface area contributed by atoms with Crippen molar-refractivity contribution in [3.05, 3.63) is 29.8 Å². The number of hydrogen-bond donors (Lipinski definition) is 0. The number of carbonyl (C=O) groups is 2. The highest BCUT2D eigenvalue weighted by Crippen LogP contribution is 2.24. The molecule has 1 saturated heterocycles. The Hall–Kier alpha value is -1.37. The lowest BCUT2D eigenvalue weighted by molar-refractivity contribution is -0.161. The zero-order valence-corrected chi connectivity index (χ0v) is 16.9. The first-order valence-electron chi connectivity index (χ1n) is 9.80. The number of esters is 1. The maximum absolute atomic E-state index is 11.5. The number of rotatable bonds is 12. The molecule has 1 unspecified atom stereocenters. The van der Waals surface area contributed by atoms with Crippen molar-refractivity contribution in [3.63, 3.8) is 0 Å². The fraction of sp³-hybridized carbons (Fsp3) is 0.619. The molecule has 0 radical (unpaired) electrons. The van der Waals surface area contributed by atoms with Gasteiger partial charge in [0, 0.05) is 23.7 Å². The van der Waals surface area contributed by atoms with Crippen molar-refractivity contribution in [2.24, 2.45) is 0 Å². The maximum atomic E-state index is 11.5. The SMILES string of the molecule is CCC(=O)CC(=O)OCCCSc1ccccc1CCOC1CCCCO1. The third kappa shape index (κ3) is 8.91. The average molecular weight is 395 g/mol. The van der Waals surface area contributed by atoms with E-state index in [4.69, 9.17) is 14.2 Å². The molecule has 0 aliphatic carbocycles. The minimum absolute atomic E-state index is 0.0483. The van der Waals surface area contributed by atoms with Crippen molar-refractivity contribution in [1.29, 1.82) is 0 Å². The molecule has 1 aliphatic rings. The third-order valence-corrected chi connectivity index (χ3v) is 5.53. The van der Waals surface area contributed by atoms with Gasteiger partial charge in [-0.2, -0.15) is 0 Å². The number of benzene rings is 1. The Morgan fingerprint density at radius 3 is 2.85 bits per heavy atom. The van der Waals surface area contributed by atoms with Crippen LogP contribution in [0.2, 0.25) is 0 Å². The molecule has 0 spiro atoms. The third-order valence-electron chi connectivity index (χ3n) is 4.33. The van der Waals surface area contributed by atoms with Crippen molar-refractivity contribution in [3.8, 4) is 0 Å². The normalized spacial score (nSPS) is 16.9. The van der Waals surface area contributed by atoms with Gasteiger partial charge in [-0.05, 0) is 43.7 Å². The molecule has 1 atom stereocenters. The van der Waals surface area contributed by atoms with Crippen LogP contribution in [0.15, 0.2) is 29.2 Å². The fourth-order valence-corrected chi connectivity index (χ4v) is 3.77. The summed E-state index contributed by atoms with van der Waals surface area (Å²) in [5.41, 5.74) is 1.27. The Labute approximate surface area is 166 Å². The minimum Gasteiger partial charge on any atom is -0.465 e. The van der Waals surface area contributed by atoms with Crippen LogP contribution >= 0.6 is 11.8 Å². The summed E-state index contributed by atoms with van der Waals surface area (Å²) in [6, 6.07) is 8.32. The molecule has 1 aromatic rings. The van der Waals surface area contributed by atoms with E-state index in [9.17, 15) is 9.59 Å². The first-order valence-corrected chi connectivity index (χ1v) is 10.8. The summed E-state index contributed by atoms with van der Waals surface area (Å²) in [6.07, 6.45) is 5.12. The molecule has 27 heavy (non-hydrogen) atoms. The van der Waals surface area contributed by atoms with Crippen molar-refractivity contribution in [2.45, 2.75) is 63.1 Å². The molecule has 0 saturated carbocycles. The van der Waals surface area contributed by atoms with E-state index < -0.39 is 5.97 Å². The highest BCUT2D eigenvalue weighted by Gasteiger charge is 2.14. The molecule has 6 heteroatoms. The summed E-state index contributed by atoms with van der Waals surface area (Å²) in [6.45, 7) is 3.56. The Morgan fingerprint density at radius 1 is 1.22 bits per heavy atom. The second kappa shape index (κ2) is 12.9. The van der Waals surface area contributed by atoms with E-state index in [0.717, 1.165) is 38.0 Å². The van der Waals surface area contributed by atoms with Crippen LogP contribution in [0.25, 0.3) is 0 Å². The zero-order chi connectivity index (χ0) is 19.3. The summed E-state index contributed by atoms with van der Waals surface area (Å²) in [4.78, 5) is 23.9. The Morgan fingerprint density at radius 2 is 2.07 bits per heavy atom. The summed E-state index contributed by atoms with van der Waals surface area (Å²) in [7, 11) is 0. The first-order chi connectivity index (χ1) is 13.2. The Balaban J connectivity index is 1.64. The number of ketones is 1. The Kier molecular flexibility index (Phi) is 10.5. The van der Waals surface area contributed by atoms with Crippen molar-refractivity contribution in [2.75, 3.05) is 25.6 Å². The van der Waals surface area contributed by atoms with Gasteiger partial charge >= 0.3 is 5.97 Å². The molecule has 1 aliphatic heterocycles. The molecule has 1 fully saturated rings. The molecule has 0 bridgehead atoms. The van der Waals surface area contributed by atoms with Crippen LogP contribution in [-0.2, 0) is 30.2 Å². The summed E-state index contributed by atoms with van der Waals surface area (Å²) >= 11 is 1.76. The maximum Gasteiger partial charge on any atom is 0.313 e. The van der Waals surface area contributed by atoms with Gasteiger partial charge in [-0.1, -0.05) is 25.1 Å². The largest absolute Gasteiger partial charge is 0.465 e. The molecular formula is C21H30O5S. The van der Waals surface area contributed by atoms with E-state index in [2.05, 4.69) is 12.1 Å². The van der Waals surface area contributed by atoms with Crippen LogP contribution < -0.4 is 0 Å². The van der Waals surface area contributed by atoms with Crippen LogP contribution in [0.5, 0.6) is 0 Å². The van der Waals surface area contributed by atoms with Gasteiger partial charge in [-0.3, -0.25) is 9.59 Å². The molecule has 5 nitrogen and oxygen atoms in total. The second-order valence-electron chi connectivity index (χ2n) is 6.52. The van der Waals surface area contributed by atoms with E-state index in [1.807, 2.05) is 12.1 Å². The number of thioether (sulfide) groups is 1. The molecule has 0 N–H and O–H groups in total. The fourth-order valence-electron chi connectivity index (χ4n) is 2.76. The van der Waals surface area contributed by atoms with Crippen LogP contribution in [-0.4, -0.2) is 43.6 Å². The molecular weight excluding hydrogens is 364 g/mol. The average Bonchev–Trinajstić information content (AvgIpc) is 2.69. The number of Topliss-reactive ketones (excluding diaryl/α,β-unsaturated/α-hetero) is 1. The first kappa shape index (κ1) is 21.9. The van der Waals surface area contributed by atoms with Crippen LogP contribution in [0.3, 0.4) is 0 Å². The molecule has 1 aromatic carbocycles.